The summed E-state index contributed by atoms with van der Waals surface area (Å²) in [5, 5.41) is 4.40. The maximum Gasteiger partial charge on any atom is 0.389 e. The number of aryl methyl sites for hydroxylation is 2. The summed E-state index contributed by atoms with van der Waals surface area (Å²) in [6, 6.07) is 9.42. The Morgan fingerprint density at radius 1 is 1.25 bits per heavy atom. The molecule has 1 amide bonds. The molecule has 0 aliphatic carbocycles. The molecular weight excluding hydrogens is 319 g/mol. The zero-order valence-electron chi connectivity index (χ0n) is 13.9. The second-order valence-electron chi connectivity index (χ2n) is 5.87. The Labute approximate surface area is 138 Å². The Kier molecular flexibility index (Phi) is 5.31. The van der Waals surface area contributed by atoms with E-state index >= 15 is 0 Å². The Morgan fingerprint density at radius 2 is 1.96 bits per heavy atom. The van der Waals surface area contributed by atoms with Gasteiger partial charge in [0.1, 0.15) is 0 Å². The fourth-order valence-electron chi connectivity index (χ4n) is 2.48. The van der Waals surface area contributed by atoms with E-state index in [2.05, 4.69) is 5.10 Å². The monoisotopic (exact) mass is 339 g/mol. The largest absolute Gasteiger partial charge is 0.389 e. The van der Waals surface area contributed by atoms with E-state index in [0.717, 1.165) is 22.6 Å². The summed E-state index contributed by atoms with van der Waals surface area (Å²) in [6.45, 7) is 4.10. The second-order valence-corrected chi connectivity index (χ2v) is 5.87. The molecule has 0 aliphatic heterocycles. The first-order chi connectivity index (χ1) is 11.2. The van der Waals surface area contributed by atoms with Crippen LogP contribution in [0.25, 0.3) is 5.69 Å². The van der Waals surface area contributed by atoms with Crippen LogP contribution in [0.15, 0.2) is 30.3 Å². The molecule has 1 aromatic carbocycles. The highest BCUT2D eigenvalue weighted by Gasteiger charge is 2.28. The summed E-state index contributed by atoms with van der Waals surface area (Å²) < 4.78 is 38.4. The lowest BCUT2D eigenvalue weighted by molar-refractivity contribution is -0.148. The van der Waals surface area contributed by atoms with Crippen LogP contribution in [0.3, 0.4) is 0 Å². The third-order valence-corrected chi connectivity index (χ3v) is 3.63. The molecule has 7 heteroatoms. The molecular formula is C17H20F3N3O. The molecule has 0 radical (unpaired) electrons. The lowest BCUT2D eigenvalue weighted by Crippen LogP contribution is -2.27. The highest BCUT2D eigenvalue weighted by Crippen LogP contribution is 2.22. The van der Waals surface area contributed by atoms with Crippen LogP contribution < -0.4 is 0 Å². The number of halogens is 3. The van der Waals surface area contributed by atoms with Gasteiger partial charge in [0.05, 0.1) is 17.8 Å². The van der Waals surface area contributed by atoms with Crippen LogP contribution in [-0.2, 0) is 11.3 Å². The summed E-state index contributed by atoms with van der Waals surface area (Å²) in [7, 11) is 1.51. The number of rotatable bonds is 5. The van der Waals surface area contributed by atoms with Crippen molar-refractivity contribution in [1.82, 2.24) is 14.7 Å². The smallest absolute Gasteiger partial charge is 0.341 e. The molecule has 1 aromatic heterocycles. The number of aromatic nitrogens is 2. The minimum atomic E-state index is -4.31. The number of hydrogen-bond donors (Lipinski definition) is 0. The van der Waals surface area contributed by atoms with Gasteiger partial charge in [-0.2, -0.15) is 18.3 Å². The zero-order valence-corrected chi connectivity index (χ0v) is 13.9. The van der Waals surface area contributed by atoms with E-state index in [1.807, 2.05) is 44.2 Å². The van der Waals surface area contributed by atoms with Crippen LogP contribution in [0.5, 0.6) is 0 Å². The Balaban J connectivity index is 2.06. The highest BCUT2D eigenvalue weighted by atomic mass is 19.4. The summed E-state index contributed by atoms with van der Waals surface area (Å²) in [6.07, 6.45) is -5.94. The lowest BCUT2D eigenvalue weighted by atomic mass is 10.1. The molecule has 0 unspecified atom stereocenters. The van der Waals surface area contributed by atoms with Gasteiger partial charge in [-0.1, -0.05) is 12.1 Å². The predicted octanol–water partition coefficient (Wildman–Crippen LogP) is 3.79. The molecule has 4 nitrogen and oxygen atoms in total. The van der Waals surface area contributed by atoms with E-state index in [1.165, 1.54) is 11.9 Å². The quantitative estimate of drug-likeness (QED) is 0.831. The van der Waals surface area contributed by atoms with Crippen molar-refractivity contribution < 1.29 is 18.0 Å². The third-order valence-electron chi connectivity index (χ3n) is 3.63. The molecule has 0 spiro atoms. The highest BCUT2D eigenvalue weighted by molar-refractivity contribution is 5.75. The van der Waals surface area contributed by atoms with E-state index in [0.29, 0.717) is 0 Å². The summed E-state index contributed by atoms with van der Waals surface area (Å²) >= 11 is 0. The topological polar surface area (TPSA) is 38.1 Å². The Hall–Kier alpha value is -2.31. The van der Waals surface area contributed by atoms with Crippen LogP contribution in [-0.4, -0.2) is 33.8 Å². The molecule has 1 heterocycles. The van der Waals surface area contributed by atoms with Crippen molar-refractivity contribution in [2.24, 2.45) is 0 Å². The van der Waals surface area contributed by atoms with Gasteiger partial charge in [0, 0.05) is 25.7 Å². The fourth-order valence-corrected chi connectivity index (χ4v) is 2.48. The van der Waals surface area contributed by atoms with Gasteiger partial charge >= 0.3 is 6.18 Å². The van der Waals surface area contributed by atoms with Crippen molar-refractivity contribution in [2.75, 3.05) is 7.05 Å². The zero-order chi connectivity index (χ0) is 17.9. The molecule has 0 saturated heterocycles. The predicted molar refractivity (Wildman–Crippen MR) is 84.8 cm³/mol. The second kappa shape index (κ2) is 7.07. The number of carbonyl (C=O) groups excluding carboxylic acids is 1. The fraction of sp³-hybridized carbons (Fsp3) is 0.412. The molecule has 0 bridgehead atoms. The maximum absolute atomic E-state index is 12.2. The average molecular weight is 339 g/mol. The minimum Gasteiger partial charge on any atom is -0.341 e. The van der Waals surface area contributed by atoms with Gasteiger partial charge in [-0.15, -0.1) is 0 Å². The van der Waals surface area contributed by atoms with Crippen LogP contribution in [0.2, 0.25) is 0 Å². The van der Waals surface area contributed by atoms with Crippen molar-refractivity contribution in [3.63, 3.8) is 0 Å². The lowest BCUT2D eigenvalue weighted by Gasteiger charge is -2.18. The Morgan fingerprint density at radius 3 is 2.54 bits per heavy atom. The first-order valence-corrected chi connectivity index (χ1v) is 7.59. The normalized spacial score (nSPS) is 11.6. The number of amides is 1. The van der Waals surface area contributed by atoms with E-state index in [1.54, 1.807) is 4.68 Å². The van der Waals surface area contributed by atoms with Crippen molar-refractivity contribution in [1.29, 1.82) is 0 Å². The summed E-state index contributed by atoms with van der Waals surface area (Å²) in [5.74, 6) is -0.524. The first-order valence-electron chi connectivity index (χ1n) is 7.59. The number of benzene rings is 1. The van der Waals surface area contributed by atoms with Crippen molar-refractivity contribution in [3.8, 4) is 5.69 Å². The molecule has 2 rings (SSSR count). The SMILES string of the molecule is Cc1cc(C)n(-c2cccc(CN(C)C(=O)CCC(F)(F)F)c2)n1. The first kappa shape index (κ1) is 18.0. The van der Waals surface area contributed by atoms with E-state index < -0.39 is 24.9 Å². The van der Waals surface area contributed by atoms with Gasteiger partial charge in [-0.05, 0) is 37.6 Å². The Bertz CT molecular complexity index is 722. The molecule has 0 fully saturated rings. The standard InChI is InChI=1S/C17H20F3N3O/c1-12-9-13(2)23(21-12)15-6-4-5-14(10-15)11-22(3)16(24)7-8-17(18,19)20/h4-6,9-10H,7-8,11H2,1-3H3. The molecule has 24 heavy (non-hydrogen) atoms. The van der Waals surface area contributed by atoms with E-state index in [4.69, 9.17) is 0 Å². The summed E-state index contributed by atoms with van der Waals surface area (Å²) in [5.41, 5.74) is 3.58. The van der Waals surface area contributed by atoms with Crippen LogP contribution >= 0.6 is 0 Å². The van der Waals surface area contributed by atoms with Crippen LogP contribution in [0, 0.1) is 13.8 Å². The molecule has 0 aliphatic rings. The molecule has 0 N–H and O–H groups in total. The minimum absolute atomic E-state index is 0.254. The molecule has 130 valence electrons. The van der Waals surface area contributed by atoms with Gasteiger partial charge in [0.15, 0.2) is 0 Å². The van der Waals surface area contributed by atoms with Crippen molar-refractivity contribution in [2.45, 2.75) is 39.4 Å². The molecule has 2 aromatic rings. The number of alkyl halides is 3. The van der Waals surface area contributed by atoms with Crippen LogP contribution in [0.4, 0.5) is 13.2 Å². The number of nitrogens with zero attached hydrogens (tertiary/aromatic N) is 3. The van der Waals surface area contributed by atoms with Crippen molar-refractivity contribution in [3.05, 3.63) is 47.3 Å². The summed E-state index contributed by atoms with van der Waals surface area (Å²) in [4.78, 5) is 13.1. The van der Waals surface area contributed by atoms with Gasteiger partial charge in [-0.25, -0.2) is 4.68 Å². The van der Waals surface area contributed by atoms with E-state index in [9.17, 15) is 18.0 Å². The van der Waals surface area contributed by atoms with Crippen LogP contribution in [0.1, 0.15) is 29.8 Å². The van der Waals surface area contributed by atoms with E-state index in [-0.39, 0.29) is 6.54 Å². The van der Waals surface area contributed by atoms with Crippen molar-refractivity contribution >= 4 is 5.91 Å². The van der Waals surface area contributed by atoms with Gasteiger partial charge < -0.3 is 4.90 Å². The van der Waals surface area contributed by atoms with Gasteiger partial charge in [0.25, 0.3) is 0 Å². The number of hydrogen-bond acceptors (Lipinski definition) is 2. The van der Waals surface area contributed by atoms with Gasteiger partial charge in [-0.3, -0.25) is 4.79 Å². The average Bonchev–Trinajstić information content (AvgIpc) is 2.83. The van der Waals surface area contributed by atoms with Gasteiger partial charge in [0.2, 0.25) is 5.91 Å². The molecule has 0 saturated carbocycles. The maximum atomic E-state index is 12.2. The molecule has 0 atom stereocenters. The number of carbonyl (C=O) groups is 1. The third kappa shape index (κ3) is 4.84.